The van der Waals surface area contributed by atoms with Gasteiger partial charge in [-0.15, -0.1) is 11.6 Å². The second-order valence-electron chi connectivity index (χ2n) is 4.03. The van der Waals surface area contributed by atoms with Crippen LogP contribution >= 0.6 is 11.6 Å². The van der Waals surface area contributed by atoms with Gasteiger partial charge in [0.15, 0.2) is 0 Å². The smallest absolute Gasteiger partial charge is 0.0700 e. The zero-order valence-electron chi connectivity index (χ0n) is 10.9. The molecule has 0 aliphatic carbocycles. The quantitative estimate of drug-likeness (QED) is 0.524. The Bertz CT molecular complexity index is 295. The fourth-order valence-corrected chi connectivity index (χ4v) is 1.93. The topological polar surface area (TPSA) is 30.5 Å². The molecule has 0 amide bonds. The van der Waals surface area contributed by atoms with Gasteiger partial charge in [0, 0.05) is 25.6 Å². The normalized spacial score (nSPS) is 12.6. The number of ether oxygens (including phenoxy) is 2. The second-order valence-corrected chi connectivity index (χ2v) is 4.34. The van der Waals surface area contributed by atoms with Crippen molar-refractivity contribution in [1.82, 2.24) is 5.32 Å². The number of nitrogens with one attached hydrogen (secondary N) is 1. The Kier molecular flexibility index (Phi) is 8.86. The van der Waals surface area contributed by atoms with Gasteiger partial charge in [-0.25, -0.2) is 0 Å². The van der Waals surface area contributed by atoms with Crippen molar-refractivity contribution in [3.63, 3.8) is 0 Å². The van der Waals surface area contributed by atoms with Gasteiger partial charge in [-0.3, -0.25) is 0 Å². The van der Waals surface area contributed by atoms with Crippen LogP contribution in [0, 0.1) is 0 Å². The largest absolute Gasteiger partial charge is 0.382 e. The third-order valence-corrected chi connectivity index (χ3v) is 2.95. The van der Waals surface area contributed by atoms with Crippen molar-refractivity contribution < 1.29 is 9.47 Å². The van der Waals surface area contributed by atoms with Gasteiger partial charge >= 0.3 is 0 Å². The molecule has 1 rings (SSSR count). The lowest BCUT2D eigenvalue weighted by atomic mass is 10.1. The van der Waals surface area contributed by atoms with Crippen molar-refractivity contribution in [2.75, 3.05) is 39.4 Å². The summed E-state index contributed by atoms with van der Waals surface area (Å²) in [6.07, 6.45) is 0.976. The van der Waals surface area contributed by atoms with Crippen molar-refractivity contribution >= 4 is 11.6 Å². The lowest BCUT2D eigenvalue weighted by molar-refractivity contribution is 0.0693. The van der Waals surface area contributed by atoms with Gasteiger partial charge < -0.3 is 14.8 Å². The van der Waals surface area contributed by atoms with Crippen LogP contribution in [0.3, 0.4) is 0 Å². The molecule has 1 unspecified atom stereocenters. The van der Waals surface area contributed by atoms with Crippen LogP contribution in [0.2, 0.25) is 0 Å². The SMILES string of the molecule is COCCOCCCNC(CCl)c1ccccc1. The van der Waals surface area contributed by atoms with Crippen LogP contribution in [-0.4, -0.2) is 39.4 Å². The maximum absolute atomic E-state index is 5.97. The van der Waals surface area contributed by atoms with E-state index in [9.17, 15) is 0 Å². The summed E-state index contributed by atoms with van der Waals surface area (Å²) in [7, 11) is 1.68. The molecule has 0 saturated heterocycles. The molecule has 102 valence electrons. The molecule has 4 heteroatoms. The molecule has 0 radical (unpaired) electrons. The number of benzene rings is 1. The highest BCUT2D eigenvalue weighted by Gasteiger charge is 2.07. The van der Waals surface area contributed by atoms with Crippen LogP contribution in [0.25, 0.3) is 0 Å². The molecule has 0 aliphatic heterocycles. The predicted octanol–water partition coefficient (Wildman–Crippen LogP) is 2.61. The molecule has 1 N–H and O–H groups in total. The van der Waals surface area contributed by atoms with Crippen molar-refractivity contribution in [3.8, 4) is 0 Å². The molecular formula is C14H22ClNO2. The molecule has 0 aliphatic rings. The average molecular weight is 272 g/mol. The van der Waals surface area contributed by atoms with Crippen LogP contribution in [0.5, 0.6) is 0 Å². The van der Waals surface area contributed by atoms with Gasteiger partial charge in [0.1, 0.15) is 0 Å². The van der Waals surface area contributed by atoms with Crippen LogP contribution in [-0.2, 0) is 9.47 Å². The Morgan fingerprint density at radius 2 is 1.94 bits per heavy atom. The van der Waals surface area contributed by atoms with Gasteiger partial charge in [-0.2, -0.15) is 0 Å². The van der Waals surface area contributed by atoms with Gasteiger partial charge in [-0.05, 0) is 18.5 Å². The number of rotatable bonds is 10. The highest BCUT2D eigenvalue weighted by Crippen LogP contribution is 2.13. The van der Waals surface area contributed by atoms with Crippen LogP contribution in [0.4, 0.5) is 0 Å². The summed E-state index contributed by atoms with van der Waals surface area (Å²) >= 11 is 5.97. The maximum atomic E-state index is 5.97. The zero-order valence-corrected chi connectivity index (χ0v) is 11.7. The fraction of sp³-hybridized carbons (Fsp3) is 0.571. The Balaban J connectivity index is 2.13. The molecule has 0 heterocycles. The zero-order chi connectivity index (χ0) is 13.1. The van der Waals surface area contributed by atoms with E-state index < -0.39 is 0 Å². The van der Waals surface area contributed by atoms with Crippen LogP contribution in [0.15, 0.2) is 30.3 Å². The lowest BCUT2D eigenvalue weighted by Crippen LogP contribution is -2.24. The average Bonchev–Trinajstić information content (AvgIpc) is 2.43. The summed E-state index contributed by atoms with van der Waals surface area (Å²) in [5.74, 6) is 0.578. The maximum Gasteiger partial charge on any atom is 0.0700 e. The van der Waals surface area contributed by atoms with Gasteiger partial charge in [0.2, 0.25) is 0 Å². The Morgan fingerprint density at radius 3 is 2.61 bits per heavy atom. The Labute approximate surface area is 114 Å². The van der Waals surface area contributed by atoms with Crippen LogP contribution < -0.4 is 5.32 Å². The van der Waals surface area contributed by atoms with Gasteiger partial charge in [0.05, 0.1) is 13.2 Å². The standard InChI is InChI=1S/C14H22ClNO2/c1-17-10-11-18-9-5-8-16-14(12-15)13-6-3-2-4-7-13/h2-4,6-7,14,16H,5,8-12H2,1H3. The van der Waals surface area contributed by atoms with Crippen molar-refractivity contribution in [3.05, 3.63) is 35.9 Å². The highest BCUT2D eigenvalue weighted by atomic mass is 35.5. The highest BCUT2D eigenvalue weighted by molar-refractivity contribution is 6.18. The van der Waals surface area contributed by atoms with Crippen molar-refractivity contribution in [1.29, 1.82) is 0 Å². The summed E-state index contributed by atoms with van der Waals surface area (Å²) in [5.41, 5.74) is 1.23. The number of hydrogen-bond acceptors (Lipinski definition) is 3. The first-order valence-corrected chi connectivity index (χ1v) is 6.83. The third-order valence-electron chi connectivity index (χ3n) is 2.64. The summed E-state index contributed by atoms with van der Waals surface area (Å²) in [5, 5.41) is 3.43. The molecule has 3 nitrogen and oxygen atoms in total. The Morgan fingerprint density at radius 1 is 1.17 bits per heavy atom. The van der Waals surface area contributed by atoms with Gasteiger partial charge in [-0.1, -0.05) is 30.3 Å². The Hall–Kier alpha value is -0.610. The molecular weight excluding hydrogens is 250 g/mol. The lowest BCUT2D eigenvalue weighted by Gasteiger charge is -2.16. The van der Waals surface area contributed by atoms with E-state index >= 15 is 0 Å². The molecule has 1 aromatic rings. The predicted molar refractivity (Wildman–Crippen MR) is 75.2 cm³/mol. The van der Waals surface area contributed by atoms with E-state index in [1.165, 1.54) is 5.56 Å². The molecule has 0 saturated carbocycles. The van der Waals surface area contributed by atoms with E-state index in [0.29, 0.717) is 19.1 Å². The third kappa shape index (κ3) is 6.36. The van der Waals surface area contributed by atoms with E-state index in [4.69, 9.17) is 21.1 Å². The number of methoxy groups -OCH3 is 1. The minimum Gasteiger partial charge on any atom is -0.382 e. The minimum atomic E-state index is 0.215. The molecule has 1 aromatic carbocycles. The van der Waals surface area contributed by atoms with E-state index in [1.54, 1.807) is 7.11 Å². The van der Waals surface area contributed by atoms with Crippen molar-refractivity contribution in [2.45, 2.75) is 12.5 Å². The number of hydrogen-bond donors (Lipinski definition) is 1. The molecule has 1 atom stereocenters. The van der Waals surface area contributed by atoms with E-state index in [2.05, 4.69) is 17.4 Å². The fourth-order valence-electron chi connectivity index (χ4n) is 1.64. The molecule has 18 heavy (non-hydrogen) atoms. The summed E-state index contributed by atoms with van der Waals surface area (Å²) in [6, 6.07) is 10.5. The summed E-state index contributed by atoms with van der Waals surface area (Å²) < 4.78 is 10.3. The van der Waals surface area contributed by atoms with E-state index in [-0.39, 0.29) is 6.04 Å². The van der Waals surface area contributed by atoms with Crippen molar-refractivity contribution in [2.24, 2.45) is 0 Å². The monoisotopic (exact) mass is 271 g/mol. The van der Waals surface area contributed by atoms with Crippen LogP contribution in [0.1, 0.15) is 18.0 Å². The molecule has 0 aromatic heterocycles. The van der Waals surface area contributed by atoms with Gasteiger partial charge in [0.25, 0.3) is 0 Å². The first-order chi connectivity index (χ1) is 8.88. The molecule has 0 fully saturated rings. The molecule has 0 bridgehead atoms. The first kappa shape index (κ1) is 15.4. The second kappa shape index (κ2) is 10.3. The molecule has 0 spiro atoms. The first-order valence-electron chi connectivity index (χ1n) is 6.29. The van der Waals surface area contributed by atoms with E-state index in [0.717, 1.165) is 19.6 Å². The number of alkyl halides is 1. The number of halogens is 1. The van der Waals surface area contributed by atoms with E-state index in [1.807, 2.05) is 18.2 Å². The summed E-state index contributed by atoms with van der Waals surface area (Å²) in [4.78, 5) is 0. The summed E-state index contributed by atoms with van der Waals surface area (Å²) in [6.45, 7) is 2.97. The minimum absolute atomic E-state index is 0.215.